The molecule has 2 aromatic heterocycles. The molecule has 0 unspecified atom stereocenters. The van der Waals surface area contributed by atoms with Gasteiger partial charge in [0, 0.05) is 18.7 Å². The van der Waals surface area contributed by atoms with E-state index in [1.54, 1.807) is 4.90 Å². The van der Waals surface area contributed by atoms with Gasteiger partial charge in [0.05, 0.1) is 22.4 Å². The zero-order valence-corrected chi connectivity index (χ0v) is 19.8. The predicted molar refractivity (Wildman–Crippen MR) is 130 cm³/mol. The van der Waals surface area contributed by atoms with Crippen LogP contribution in [0.3, 0.4) is 0 Å². The molecule has 4 aromatic rings. The standard InChI is InChI=1S/C25H26N4O3S/c1-4-18-10-12-20(13-11-18)29(17(3)30)25-26-19(16-33-25)15-32-24(31)14-28-22-9-7-6-8-21(22)27-23(28)5-2/h6-13,16H,4-5,14-15H2,1-3H3. The molecule has 0 saturated heterocycles. The molecular formula is C25H26N4O3S. The molecule has 2 heterocycles. The van der Waals surface area contributed by atoms with Crippen molar-refractivity contribution in [2.75, 3.05) is 4.90 Å². The Kier molecular flexibility index (Phi) is 6.84. The van der Waals surface area contributed by atoms with Crippen molar-refractivity contribution in [1.82, 2.24) is 14.5 Å². The van der Waals surface area contributed by atoms with Gasteiger partial charge in [-0.2, -0.15) is 0 Å². The third-order valence-corrected chi connectivity index (χ3v) is 6.24. The molecule has 0 radical (unpaired) electrons. The van der Waals surface area contributed by atoms with E-state index in [-0.39, 0.29) is 25.0 Å². The van der Waals surface area contributed by atoms with Crippen LogP contribution < -0.4 is 4.90 Å². The summed E-state index contributed by atoms with van der Waals surface area (Å²) in [6, 6.07) is 15.6. The summed E-state index contributed by atoms with van der Waals surface area (Å²) >= 11 is 1.34. The van der Waals surface area contributed by atoms with Gasteiger partial charge in [-0.05, 0) is 36.2 Å². The van der Waals surface area contributed by atoms with E-state index in [2.05, 4.69) is 16.9 Å². The molecule has 0 aliphatic carbocycles. The van der Waals surface area contributed by atoms with E-state index in [1.807, 2.05) is 65.4 Å². The number of benzene rings is 2. The molecule has 4 rings (SSSR count). The van der Waals surface area contributed by atoms with E-state index in [4.69, 9.17) is 4.74 Å². The Labute approximate surface area is 196 Å². The minimum atomic E-state index is -0.360. The monoisotopic (exact) mass is 462 g/mol. The molecule has 0 aliphatic rings. The van der Waals surface area contributed by atoms with E-state index >= 15 is 0 Å². The molecule has 0 N–H and O–H groups in total. The molecule has 0 atom stereocenters. The molecule has 0 fully saturated rings. The molecule has 2 aromatic carbocycles. The summed E-state index contributed by atoms with van der Waals surface area (Å²) < 4.78 is 7.38. The number of amides is 1. The zero-order chi connectivity index (χ0) is 23.4. The molecule has 7 nitrogen and oxygen atoms in total. The second kappa shape index (κ2) is 9.95. The number of fused-ring (bicyclic) bond motifs is 1. The largest absolute Gasteiger partial charge is 0.458 e. The van der Waals surface area contributed by atoms with E-state index in [9.17, 15) is 9.59 Å². The van der Waals surface area contributed by atoms with Gasteiger partial charge in [-0.25, -0.2) is 9.97 Å². The smallest absolute Gasteiger partial charge is 0.326 e. The summed E-state index contributed by atoms with van der Waals surface area (Å²) in [4.78, 5) is 35.6. The lowest BCUT2D eigenvalue weighted by molar-refractivity contribution is -0.145. The Morgan fingerprint density at radius 2 is 1.79 bits per heavy atom. The Morgan fingerprint density at radius 1 is 1.03 bits per heavy atom. The number of aryl methyl sites for hydroxylation is 2. The maximum absolute atomic E-state index is 12.6. The third kappa shape index (κ3) is 4.96. The highest BCUT2D eigenvalue weighted by atomic mass is 32.1. The van der Waals surface area contributed by atoms with Crippen molar-refractivity contribution in [1.29, 1.82) is 0 Å². The fourth-order valence-corrected chi connectivity index (χ4v) is 4.55. The average molecular weight is 463 g/mol. The van der Waals surface area contributed by atoms with Gasteiger partial charge < -0.3 is 9.30 Å². The highest BCUT2D eigenvalue weighted by molar-refractivity contribution is 7.14. The number of para-hydroxylation sites is 2. The van der Waals surface area contributed by atoms with Crippen molar-refractivity contribution in [2.45, 2.75) is 46.8 Å². The molecular weight excluding hydrogens is 436 g/mol. The first-order valence-corrected chi connectivity index (χ1v) is 11.8. The van der Waals surface area contributed by atoms with Gasteiger partial charge in [-0.15, -0.1) is 11.3 Å². The minimum Gasteiger partial charge on any atom is -0.458 e. The maximum Gasteiger partial charge on any atom is 0.326 e. The number of hydrogen-bond donors (Lipinski definition) is 0. The van der Waals surface area contributed by atoms with Crippen molar-refractivity contribution in [2.24, 2.45) is 0 Å². The molecule has 1 amide bonds. The van der Waals surface area contributed by atoms with Gasteiger partial charge in [0.1, 0.15) is 19.0 Å². The highest BCUT2D eigenvalue weighted by Gasteiger charge is 2.19. The molecule has 170 valence electrons. The number of esters is 1. The second-order valence-electron chi connectivity index (χ2n) is 7.61. The van der Waals surface area contributed by atoms with Gasteiger partial charge in [-0.3, -0.25) is 14.5 Å². The number of thiazole rings is 1. The number of carbonyl (C=O) groups is 2. The zero-order valence-electron chi connectivity index (χ0n) is 18.9. The summed E-state index contributed by atoms with van der Waals surface area (Å²) in [5, 5.41) is 2.36. The Bertz CT molecular complexity index is 1280. The first-order chi connectivity index (χ1) is 16.0. The fourth-order valence-electron chi connectivity index (χ4n) is 3.67. The van der Waals surface area contributed by atoms with Gasteiger partial charge >= 0.3 is 5.97 Å². The summed E-state index contributed by atoms with van der Waals surface area (Å²) in [7, 11) is 0. The van der Waals surface area contributed by atoms with Crippen LogP contribution in [-0.2, 0) is 40.3 Å². The fraction of sp³-hybridized carbons (Fsp3) is 0.280. The maximum atomic E-state index is 12.6. The molecule has 8 heteroatoms. The first-order valence-electron chi connectivity index (χ1n) is 10.9. The van der Waals surface area contributed by atoms with Crippen molar-refractivity contribution in [3.63, 3.8) is 0 Å². The minimum absolute atomic E-state index is 0.0456. The molecule has 33 heavy (non-hydrogen) atoms. The van der Waals surface area contributed by atoms with E-state index < -0.39 is 0 Å². The lowest BCUT2D eigenvalue weighted by Crippen LogP contribution is -2.22. The number of carbonyl (C=O) groups excluding carboxylic acids is 2. The number of nitrogens with zero attached hydrogens (tertiary/aromatic N) is 4. The normalized spacial score (nSPS) is 11.0. The number of imidazole rings is 1. The van der Waals surface area contributed by atoms with Crippen LogP contribution in [0.4, 0.5) is 10.8 Å². The van der Waals surface area contributed by atoms with Crippen LogP contribution in [0.2, 0.25) is 0 Å². The molecule has 0 saturated carbocycles. The van der Waals surface area contributed by atoms with Crippen molar-refractivity contribution >= 4 is 45.1 Å². The average Bonchev–Trinajstić information content (AvgIpc) is 3.43. The molecule has 0 bridgehead atoms. The van der Waals surface area contributed by atoms with Crippen LogP contribution in [-0.4, -0.2) is 26.4 Å². The number of aromatic nitrogens is 3. The van der Waals surface area contributed by atoms with Crippen LogP contribution in [0.1, 0.15) is 37.9 Å². The molecule has 0 aliphatic heterocycles. The molecule has 0 spiro atoms. The lowest BCUT2D eigenvalue weighted by atomic mass is 10.1. The van der Waals surface area contributed by atoms with Crippen LogP contribution in [0.25, 0.3) is 11.0 Å². The van der Waals surface area contributed by atoms with Gasteiger partial charge in [-0.1, -0.05) is 38.1 Å². The van der Waals surface area contributed by atoms with Crippen molar-refractivity contribution in [3.8, 4) is 0 Å². The topological polar surface area (TPSA) is 77.3 Å². The number of anilines is 2. The van der Waals surface area contributed by atoms with Crippen LogP contribution in [0, 0.1) is 0 Å². The third-order valence-electron chi connectivity index (χ3n) is 5.37. The van der Waals surface area contributed by atoms with Crippen molar-refractivity contribution < 1.29 is 14.3 Å². The Balaban J connectivity index is 1.44. The second-order valence-corrected chi connectivity index (χ2v) is 8.45. The number of rotatable bonds is 8. The lowest BCUT2D eigenvalue weighted by Gasteiger charge is -2.18. The Morgan fingerprint density at radius 3 is 2.48 bits per heavy atom. The van der Waals surface area contributed by atoms with E-state index in [0.717, 1.165) is 35.4 Å². The van der Waals surface area contributed by atoms with E-state index in [0.29, 0.717) is 10.8 Å². The first kappa shape index (κ1) is 22.7. The quantitative estimate of drug-likeness (QED) is 0.343. The van der Waals surface area contributed by atoms with Gasteiger partial charge in [0.15, 0.2) is 5.13 Å². The summed E-state index contributed by atoms with van der Waals surface area (Å²) in [6.45, 7) is 5.74. The van der Waals surface area contributed by atoms with Crippen molar-refractivity contribution in [3.05, 3.63) is 71.0 Å². The highest BCUT2D eigenvalue weighted by Crippen LogP contribution is 2.29. The Hall–Kier alpha value is -3.52. The number of hydrogen-bond acceptors (Lipinski definition) is 6. The SMILES string of the molecule is CCc1ccc(N(C(C)=O)c2nc(COC(=O)Cn3c(CC)nc4ccccc43)cs2)cc1. The predicted octanol–water partition coefficient (Wildman–Crippen LogP) is 5.05. The number of ether oxygens (including phenoxy) is 1. The summed E-state index contributed by atoms with van der Waals surface area (Å²) in [5.41, 5.74) is 4.34. The van der Waals surface area contributed by atoms with Crippen LogP contribution >= 0.6 is 11.3 Å². The van der Waals surface area contributed by atoms with Crippen LogP contribution in [0.15, 0.2) is 53.9 Å². The van der Waals surface area contributed by atoms with Gasteiger partial charge in [0.2, 0.25) is 5.91 Å². The van der Waals surface area contributed by atoms with E-state index in [1.165, 1.54) is 23.8 Å². The summed E-state index contributed by atoms with van der Waals surface area (Å²) in [5.74, 6) is 0.354. The van der Waals surface area contributed by atoms with Gasteiger partial charge in [0.25, 0.3) is 0 Å². The van der Waals surface area contributed by atoms with Crippen LogP contribution in [0.5, 0.6) is 0 Å². The summed E-state index contributed by atoms with van der Waals surface area (Å²) in [6.07, 6.45) is 1.65.